The lowest BCUT2D eigenvalue weighted by Gasteiger charge is -1.91. The first kappa shape index (κ1) is 9.19. The van der Waals surface area contributed by atoms with Gasteiger partial charge in [-0.2, -0.15) is 9.49 Å². The molecule has 0 N–H and O–H groups in total. The normalized spacial score (nSPS) is 10.3. The molecule has 0 saturated heterocycles. The first-order chi connectivity index (χ1) is 5.57. The molecule has 0 aliphatic rings. The van der Waals surface area contributed by atoms with Gasteiger partial charge in [-0.05, 0) is 6.42 Å². The van der Waals surface area contributed by atoms with E-state index < -0.39 is 6.04 Å². The van der Waals surface area contributed by atoms with Gasteiger partial charge in [-0.15, -0.1) is 0 Å². The van der Waals surface area contributed by atoms with Gasteiger partial charge in [-0.25, -0.2) is 0 Å². The molecule has 0 bridgehead atoms. The molecule has 0 amide bonds. The van der Waals surface area contributed by atoms with Crippen LogP contribution >= 0.6 is 11.6 Å². The van der Waals surface area contributed by atoms with Gasteiger partial charge in [0, 0.05) is 7.05 Å². The summed E-state index contributed by atoms with van der Waals surface area (Å²) < 4.78 is 13.5. The third-order valence-corrected chi connectivity index (χ3v) is 1.97. The molecule has 1 aromatic heterocycles. The van der Waals surface area contributed by atoms with Crippen LogP contribution in [0.2, 0.25) is 5.02 Å². The molecule has 0 atom stereocenters. The zero-order valence-corrected chi connectivity index (χ0v) is 7.52. The molecule has 1 heterocycles. The van der Waals surface area contributed by atoms with Crippen molar-refractivity contribution in [3.05, 3.63) is 16.4 Å². The highest BCUT2D eigenvalue weighted by molar-refractivity contribution is 6.33. The first-order valence-electron chi connectivity index (χ1n) is 3.49. The minimum absolute atomic E-state index is 0.118. The number of hydrogen-bond donors (Lipinski definition) is 0. The Morgan fingerprint density at radius 3 is 2.58 bits per heavy atom. The predicted octanol–water partition coefficient (Wildman–Crippen LogP) is 1.75. The molecule has 1 aromatic rings. The van der Waals surface area contributed by atoms with Crippen LogP contribution in [0, 0.1) is 0 Å². The van der Waals surface area contributed by atoms with E-state index in [0.717, 1.165) is 4.68 Å². The van der Waals surface area contributed by atoms with Crippen LogP contribution in [0.15, 0.2) is 0 Å². The second kappa shape index (κ2) is 3.23. The maximum absolute atomic E-state index is 12.3. The van der Waals surface area contributed by atoms with Gasteiger partial charge in [0.2, 0.25) is 0 Å². The molecule has 0 aromatic carbocycles. The van der Waals surface area contributed by atoms with Crippen LogP contribution in [-0.2, 0) is 13.5 Å². The molecule has 66 valence electrons. The van der Waals surface area contributed by atoms with E-state index in [0.29, 0.717) is 12.1 Å². The number of carbonyl (C=O) groups excluding carboxylic acids is 1. The highest BCUT2D eigenvalue weighted by Gasteiger charge is 2.18. The number of aromatic nitrogens is 2. The Kier molecular flexibility index (Phi) is 2.47. The van der Waals surface area contributed by atoms with E-state index in [1.165, 1.54) is 7.05 Å². The van der Waals surface area contributed by atoms with Crippen molar-refractivity contribution in [2.24, 2.45) is 7.05 Å². The van der Waals surface area contributed by atoms with E-state index >= 15 is 0 Å². The fourth-order valence-electron chi connectivity index (χ4n) is 0.993. The van der Waals surface area contributed by atoms with E-state index in [-0.39, 0.29) is 10.7 Å². The Balaban J connectivity index is 3.28. The molecular weight excluding hydrogens is 183 g/mol. The maximum Gasteiger partial charge on any atom is 0.351 e. The molecule has 3 nitrogen and oxygen atoms in total. The van der Waals surface area contributed by atoms with Crippen molar-refractivity contribution in [1.29, 1.82) is 0 Å². The molecule has 5 heteroatoms. The predicted molar refractivity (Wildman–Crippen MR) is 43.0 cm³/mol. The van der Waals surface area contributed by atoms with Gasteiger partial charge in [0.25, 0.3) is 0 Å². The summed E-state index contributed by atoms with van der Waals surface area (Å²) in [7, 11) is 1.48. The van der Waals surface area contributed by atoms with Crippen molar-refractivity contribution in [3.8, 4) is 0 Å². The van der Waals surface area contributed by atoms with Crippen LogP contribution in [0.4, 0.5) is 4.39 Å². The minimum Gasteiger partial charge on any atom is -0.260 e. The Morgan fingerprint density at radius 1 is 1.75 bits per heavy atom. The summed E-state index contributed by atoms with van der Waals surface area (Å²) in [6.07, 6.45) is 0.583. The summed E-state index contributed by atoms with van der Waals surface area (Å²) in [4.78, 5) is 10.4. The second-order valence-corrected chi connectivity index (χ2v) is 2.74. The summed E-state index contributed by atoms with van der Waals surface area (Å²) >= 11 is 5.68. The van der Waals surface area contributed by atoms with Gasteiger partial charge in [-0.1, -0.05) is 18.5 Å². The zero-order chi connectivity index (χ0) is 9.30. The average molecular weight is 191 g/mol. The van der Waals surface area contributed by atoms with Gasteiger partial charge >= 0.3 is 6.04 Å². The van der Waals surface area contributed by atoms with Crippen LogP contribution < -0.4 is 0 Å². The van der Waals surface area contributed by atoms with Crippen molar-refractivity contribution in [1.82, 2.24) is 9.78 Å². The van der Waals surface area contributed by atoms with Crippen molar-refractivity contribution in [3.63, 3.8) is 0 Å². The van der Waals surface area contributed by atoms with Crippen molar-refractivity contribution >= 4 is 17.6 Å². The van der Waals surface area contributed by atoms with Gasteiger partial charge in [0.05, 0.1) is 10.7 Å². The molecular formula is C7H8ClFN2O. The fourth-order valence-corrected chi connectivity index (χ4v) is 1.36. The van der Waals surface area contributed by atoms with E-state index in [2.05, 4.69) is 5.10 Å². The Morgan fingerprint density at radius 2 is 2.33 bits per heavy atom. The second-order valence-electron chi connectivity index (χ2n) is 2.36. The van der Waals surface area contributed by atoms with E-state index in [1.54, 1.807) is 0 Å². The lowest BCUT2D eigenvalue weighted by atomic mass is 10.3. The summed E-state index contributed by atoms with van der Waals surface area (Å²) in [5, 5.41) is 3.99. The summed E-state index contributed by atoms with van der Waals surface area (Å²) in [6.45, 7) is 1.83. The molecule has 0 fully saturated rings. The van der Waals surface area contributed by atoms with Gasteiger partial charge in [-0.3, -0.25) is 9.48 Å². The fraction of sp³-hybridized carbons (Fsp3) is 0.429. The Bertz CT molecular complexity index is 321. The molecule has 12 heavy (non-hydrogen) atoms. The lowest BCUT2D eigenvalue weighted by molar-refractivity contribution is 0.0825. The monoisotopic (exact) mass is 190 g/mol. The van der Waals surface area contributed by atoms with E-state index in [1.807, 2.05) is 6.92 Å². The van der Waals surface area contributed by atoms with Crippen molar-refractivity contribution in [2.75, 3.05) is 0 Å². The first-order valence-corrected chi connectivity index (χ1v) is 3.87. The quantitative estimate of drug-likeness (QED) is 0.666. The molecule has 0 radical (unpaired) electrons. The number of halogens is 2. The van der Waals surface area contributed by atoms with Crippen LogP contribution in [0.3, 0.4) is 0 Å². The van der Waals surface area contributed by atoms with E-state index in [4.69, 9.17) is 11.6 Å². The molecule has 0 unspecified atom stereocenters. The molecule has 1 rings (SSSR count). The maximum atomic E-state index is 12.3. The zero-order valence-electron chi connectivity index (χ0n) is 6.77. The standard InChI is InChI=1S/C7H8ClFN2O/c1-3-4-5(8)6(7(9)12)11(2)10-4/h3H2,1-2H3. The van der Waals surface area contributed by atoms with Crippen LogP contribution in [0.1, 0.15) is 23.1 Å². The molecule has 0 saturated carbocycles. The number of aryl methyl sites for hydroxylation is 2. The SMILES string of the molecule is CCc1nn(C)c(C(=O)F)c1Cl. The highest BCUT2D eigenvalue weighted by atomic mass is 35.5. The van der Waals surface area contributed by atoms with Gasteiger partial charge in [0.1, 0.15) is 0 Å². The van der Waals surface area contributed by atoms with Crippen molar-refractivity contribution in [2.45, 2.75) is 13.3 Å². The number of nitrogens with zero attached hydrogens (tertiary/aromatic N) is 2. The number of hydrogen-bond acceptors (Lipinski definition) is 2. The van der Waals surface area contributed by atoms with E-state index in [9.17, 15) is 9.18 Å². The summed E-state index contributed by atoms with van der Waals surface area (Å²) in [5.74, 6) is 0. The topological polar surface area (TPSA) is 34.9 Å². The molecule has 0 spiro atoms. The van der Waals surface area contributed by atoms with Crippen molar-refractivity contribution < 1.29 is 9.18 Å². The third-order valence-electron chi connectivity index (χ3n) is 1.58. The smallest absolute Gasteiger partial charge is 0.260 e. The molecule has 0 aliphatic carbocycles. The summed E-state index contributed by atoms with van der Waals surface area (Å²) in [5.41, 5.74) is 0.369. The Hall–Kier alpha value is -0.900. The number of carbonyl (C=O) groups is 1. The third kappa shape index (κ3) is 1.34. The highest BCUT2D eigenvalue weighted by Crippen LogP contribution is 2.21. The average Bonchev–Trinajstić information content (AvgIpc) is 2.25. The van der Waals surface area contributed by atoms with Crippen LogP contribution in [0.5, 0.6) is 0 Å². The van der Waals surface area contributed by atoms with Gasteiger partial charge in [0.15, 0.2) is 5.69 Å². The minimum atomic E-state index is -1.55. The van der Waals surface area contributed by atoms with Gasteiger partial charge < -0.3 is 0 Å². The number of rotatable bonds is 2. The Labute approximate surface area is 74.1 Å². The van der Waals surface area contributed by atoms with Crippen LogP contribution in [0.25, 0.3) is 0 Å². The molecule has 0 aliphatic heterocycles. The summed E-state index contributed by atoms with van der Waals surface area (Å²) in [6, 6.07) is -1.55. The van der Waals surface area contributed by atoms with Crippen LogP contribution in [-0.4, -0.2) is 15.8 Å². The largest absolute Gasteiger partial charge is 0.351 e. The lowest BCUT2D eigenvalue weighted by Crippen LogP contribution is -2.01.